The maximum atomic E-state index is 12.3. The molecule has 1 aromatic carbocycles. The lowest BCUT2D eigenvalue weighted by Crippen LogP contribution is -2.33. The van der Waals surface area contributed by atoms with Crippen LogP contribution in [0.2, 0.25) is 0 Å². The fraction of sp³-hybridized carbons (Fsp3) is 0.556. The minimum absolute atomic E-state index is 0.0260. The van der Waals surface area contributed by atoms with Crippen molar-refractivity contribution in [2.75, 3.05) is 33.4 Å². The third-order valence-electron chi connectivity index (χ3n) is 4.59. The first-order chi connectivity index (χ1) is 11.7. The highest BCUT2D eigenvalue weighted by atomic mass is 16.5. The summed E-state index contributed by atoms with van der Waals surface area (Å²) < 4.78 is 10.6. The molecule has 0 aliphatic carbocycles. The van der Waals surface area contributed by atoms with Crippen molar-refractivity contribution in [3.63, 3.8) is 0 Å². The summed E-state index contributed by atoms with van der Waals surface area (Å²) in [5.74, 6) is 0.650. The van der Waals surface area contributed by atoms with Crippen molar-refractivity contribution in [1.29, 1.82) is 0 Å². The first-order valence-corrected chi connectivity index (χ1v) is 8.46. The van der Waals surface area contributed by atoms with Gasteiger partial charge in [-0.2, -0.15) is 0 Å². The highest BCUT2D eigenvalue weighted by Crippen LogP contribution is 2.25. The Labute approximate surface area is 142 Å². The second kappa shape index (κ2) is 7.66. The van der Waals surface area contributed by atoms with Gasteiger partial charge in [0.15, 0.2) is 0 Å². The molecule has 1 saturated heterocycles. The number of carbonyl (C=O) groups excluding carboxylic acids is 2. The lowest BCUT2D eigenvalue weighted by Gasteiger charge is -2.18. The Morgan fingerprint density at radius 1 is 1.46 bits per heavy atom. The van der Waals surface area contributed by atoms with Crippen molar-refractivity contribution in [2.45, 2.75) is 25.8 Å². The largest absolute Gasteiger partial charge is 0.493 e. The number of nitrogens with zero attached hydrogens (tertiary/aromatic N) is 1. The third kappa shape index (κ3) is 3.87. The quantitative estimate of drug-likeness (QED) is 0.848. The Balaban J connectivity index is 1.51. The second-order valence-corrected chi connectivity index (χ2v) is 6.35. The van der Waals surface area contributed by atoms with Crippen LogP contribution < -0.4 is 10.1 Å². The highest BCUT2D eigenvalue weighted by Gasteiger charge is 2.33. The molecule has 3 rings (SSSR count). The Hall–Kier alpha value is -2.08. The number of hydrogen-bond donors (Lipinski definition) is 1. The summed E-state index contributed by atoms with van der Waals surface area (Å²) >= 11 is 0. The number of methoxy groups -OCH3 is 1. The predicted octanol–water partition coefficient (Wildman–Crippen LogP) is 1.12. The molecule has 1 N–H and O–H groups in total. The molecule has 2 heterocycles. The summed E-state index contributed by atoms with van der Waals surface area (Å²) in [5.41, 5.74) is 2.27. The van der Waals surface area contributed by atoms with Gasteiger partial charge in [-0.3, -0.25) is 9.59 Å². The van der Waals surface area contributed by atoms with Gasteiger partial charge in [0.05, 0.1) is 19.1 Å². The molecule has 6 nitrogen and oxygen atoms in total. The Morgan fingerprint density at radius 2 is 2.33 bits per heavy atom. The van der Waals surface area contributed by atoms with Gasteiger partial charge in [0, 0.05) is 33.2 Å². The average Bonchev–Trinajstić information content (AvgIpc) is 2.98. The SMILES string of the molecule is COCCN1C[C@@H](C(=O)NCc2ccc3c(c2)CCCO3)CC1=O. The van der Waals surface area contributed by atoms with Crippen LogP contribution in [0.15, 0.2) is 18.2 Å². The van der Waals surface area contributed by atoms with E-state index in [1.54, 1.807) is 12.0 Å². The van der Waals surface area contributed by atoms with E-state index in [0.29, 0.717) is 26.2 Å². The zero-order valence-electron chi connectivity index (χ0n) is 14.0. The monoisotopic (exact) mass is 332 g/mol. The number of nitrogens with one attached hydrogen (secondary N) is 1. The number of hydrogen-bond acceptors (Lipinski definition) is 4. The number of carbonyl (C=O) groups is 2. The fourth-order valence-corrected chi connectivity index (χ4v) is 3.22. The molecule has 24 heavy (non-hydrogen) atoms. The van der Waals surface area contributed by atoms with Crippen LogP contribution in [0.3, 0.4) is 0 Å². The summed E-state index contributed by atoms with van der Waals surface area (Å²) in [7, 11) is 1.61. The molecule has 130 valence electrons. The van der Waals surface area contributed by atoms with Crippen LogP contribution in [0.5, 0.6) is 5.75 Å². The fourth-order valence-electron chi connectivity index (χ4n) is 3.22. The van der Waals surface area contributed by atoms with E-state index in [4.69, 9.17) is 9.47 Å². The standard InChI is InChI=1S/C18H24N2O4/c1-23-8-6-20-12-15(10-17(20)21)18(22)19-11-13-4-5-16-14(9-13)3-2-7-24-16/h4-5,9,15H,2-3,6-8,10-12H2,1H3,(H,19,22)/t15-/m0/s1. The smallest absolute Gasteiger partial charge is 0.225 e. The molecule has 0 radical (unpaired) electrons. The molecule has 1 aromatic rings. The normalized spacial score (nSPS) is 19.8. The van der Waals surface area contributed by atoms with Crippen molar-refractivity contribution >= 4 is 11.8 Å². The van der Waals surface area contributed by atoms with Gasteiger partial charge in [0.2, 0.25) is 11.8 Å². The lowest BCUT2D eigenvalue weighted by molar-refractivity contribution is -0.129. The van der Waals surface area contributed by atoms with Gasteiger partial charge in [-0.05, 0) is 30.0 Å². The second-order valence-electron chi connectivity index (χ2n) is 6.35. The van der Waals surface area contributed by atoms with Crippen molar-refractivity contribution in [2.24, 2.45) is 5.92 Å². The summed E-state index contributed by atoms with van der Waals surface area (Å²) in [6.07, 6.45) is 2.33. The number of fused-ring (bicyclic) bond motifs is 1. The number of aryl methyl sites for hydroxylation is 1. The molecule has 0 bridgehead atoms. The summed E-state index contributed by atoms with van der Waals surface area (Å²) in [5, 5.41) is 2.96. The minimum Gasteiger partial charge on any atom is -0.493 e. The van der Waals surface area contributed by atoms with Gasteiger partial charge in [-0.15, -0.1) is 0 Å². The van der Waals surface area contributed by atoms with E-state index in [-0.39, 0.29) is 24.2 Å². The Morgan fingerprint density at radius 3 is 3.17 bits per heavy atom. The number of ether oxygens (including phenoxy) is 2. The van der Waals surface area contributed by atoms with Crippen LogP contribution in [-0.2, 0) is 27.3 Å². The molecule has 2 aliphatic heterocycles. The van der Waals surface area contributed by atoms with Crippen molar-refractivity contribution < 1.29 is 19.1 Å². The lowest BCUT2D eigenvalue weighted by atomic mass is 10.0. The van der Waals surface area contributed by atoms with Gasteiger partial charge in [0.25, 0.3) is 0 Å². The van der Waals surface area contributed by atoms with E-state index in [0.717, 1.165) is 30.8 Å². The van der Waals surface area contributed by atoms with Gasteiger partial charge in [-0.25, -0.2) is 0 Å². The molecule has 2 aliphatic rings. The predicted molar refractivity (Wildman–Crippen MR) is 88.7 cm³/mol. The van der Waals surface area contributed by atoms with Crippen LogP contribution in [0.25, 0.3) is 0 Å². The van der Waals surface area contributed by atoms with Crippen LogP contribution in [0, 0.1) is 5.92 Å². The van der Waals surface area contributed by atoms with Crippen LogP contribution in [-0.4, -0.2) is 50.1 Å². The van der Waals surface area contributed by atoms with Crippen LogP contribution in [0.4, 0.5) is 0 Å². The molecular formula is C18H24N2O4. The maximum Gasteiger partial charge on any atom is 0.225 e. The summed E-state index contributed by atoms with van der Waals surface area (Å²) in [6, 6.07) is 6.05. The van der Waals surface area contributed by atoms with E-state index in [1.165, 1.54) is 5.56 Å². The molecule has 1 fully saturated rings. The van der Waals surface area contributed by atoms with Gasteiger partial charge in [0.1, 0.15) is 5.75 Å². The molecule has 1 atom stereocenters. The molecule has 0 saturated carbocycles. The summed E-state index contributed by atoms with van der Waals surface area (Å²) in [6.45, 7) is 2.78. The first-order valence-electron chi connectivity index (χ1n) is 8.46. The molecule has 0 spiro atoms. The molecular weight excluding hydrogens is 308 g/mol. The first kappa shape index (κ1) is 16.8. The zero-order valence-corrected chi connectivity index (χ0v) is 14.0. The number of benzene rings is 1. The number of amides is 2. The summed E-state index contributed by atoms with van der Waals surface area (Å²) in [4.78, 5) is 25.9. The highest BCUT2D eigenvalue weighted by molar-refractivity contribution is 5.89. The van der Waals surface area contributed by atoms with E-state index < -0.39 is 0 Å². The van der Waals surface area contributed by atoms with E-state index in [9.17, 15) is 9.59 Å². The minimum atomic E-state index is -0.268. The molecule has 2 amide bonds. The van der Waals surface area contributed by atoms with Crippen molar-refractivity contribution in [3.8, 4) is 5.75 Å². The number of likely N-dealkylation sites (tertiary alicyclic amines) is 1. The third-order valence-corrected chi connectivity index (χ3v) is 4.59. The van der Waals surface area contributed by atoms with E-state index >= 15 is 0 Å². The van der Waals surface area contributed by atoms with E-state index in [2.05, 4.69) is 11.4 Å². The van der Waals surface area contributed by atoms with Crippen molar-refractivity contribution in [1.82, 2.24) is 10.2 Å². The van der Waals surface area contributed by atoms with Crippen molar-refractivity contribution in [3.05, 3.63) is 29.3 Å². The Bertz CT molecular complexity index is 617. The average molecular weight is 332 g/mol. The van der Waals surface area contributed by atoms with Crippen LogP contribution >= 0.6 is 0 Å². The maximum absolute atomic E-state index is 12.3. The van der Waals surface area contributed by atoms with E-state index in [1.807, 2.05) is 12.1 Å². The van der Waals surface area contributed by atoms with Gasteiger partial charge in [-0.1, -0.05) is 12.1 Å². The molecule has 6 heteroatoms. The Kier molecular flexibility index (Phi) is 5.35. The topological polar surface area (TPSA) is 67.9 Å². The zero-order chi connectivity index (χ0) is 16.9. The van der Waals surface area contributed by atoms with Gasteiger partial charge >= 0.3 is 0 Å². The van der Waals surface area contributed by atoms with Gasteiger partial charge < -0.3 is 19.7 Å². The van der Waals surface area contributed by atoms with Crippen LogP contribution in [0.1, 0.15) is 24.0 Å². The molecule has 0 aromatic heterocycles. The number of rotatable bonds is 6. The molecule has 0 unspecified atom stereocenters.